The van der Waals surface area contributed by atoms with Crippen molar-refractivity contribution in [3.05, 3.63) is 35.9 Å². The molecule has 1 saturated heterocycles. The van der Waals surface area contributed by atoms with Crippen molar-refractivity contribution in [1.29, 1.82) is 0 Å². The Labute approximate surface area is 98.4 Å². The van der Waals surface area contributed by atoms with E-state index in [4.69, 9.17) is 5.73 Å². The van der Waals surface area contributed by atoms with Crippen molar-refractivity contribution in [3.63, 3.8) is 0 Å². The van der Waals surface area contributed by atoms with Gasteiger partial charge >= 0.3 is 0 Å². The smallest absolute Gasteiger partial charge is 0.0295 e. The molecule has 88 valence electrons. The molecule has 1 aromatic rings. The second-order valence-electron chi connectivity index (χ2n) is 5.30. The van der Waals surface area contributed by atoms with E-state index in [0.717, 1.165) is 13.0 Å². The minimum absolute atomic E-state index is 0.105. The van der Waals surface area contributed by atoms with Crippen LogP contribution in [0.15, 0.2) is 30.3 Å². The van der Waals surface area contributed by atoms with Gasteiger partial charge in [-0.1, -0.05) is 30.3 Å². The predicted molar refractivity (Wildman–Crippen MR) is 68.4 cm³/mol. The molecule has 0 spiro atoms. The molecule has 1 aromatic carbocycles. The number of likely N-dealkylation sites (tertiary alicyclic amines) is 1. The van der Waals surface area contributed by atoms with Gasteiger partial charge in [0.25, 0.3) is 0 Å². The molecule has 1 heterocycles. The molecule has 0 radical (unpaired) electrons. The third-order valence-corrected chi connectivity index (χ3v) is 3.23. The second kappa shape index (κ2) is 4.98. The van der Waals surface area contributed by atoms with Gasteiger partial charge in [0.1, 0.15) is 0 Å². The number of hydrogen-bond donors (Lipinski definition) is 1. The van der Waals surface area contributed by atoms with E-state index in [9.17, 15) is 0 Å². The molecule has 0 amide bonds. The van der Waals surface area contributed by atoms with Crippen molar-refractivity contribution in [2.24, 2.45) is 5.73 Å². The minimum atomic E-state index is -0.105. The van der Waals surface area contributed by atoms with Gasteiger partial charge in [0.15, 0.2) is 0 Å². The Hall–Kier alpha value is -0.860. The Bertz CT molecular complexity index is 313. The summed E-state index contributed by atoms with van der Waals surface area (Å²) < 4.78 is 0. The van der Waals surface area contributed by atoms with Crippen LogP contribution in [0.2, 0.25) is 0 Å². The van der Waals surface area contributed by atoms with Crippen molar-refractivity contribution < 1.29 is 0 Å². The number of rotatable bonds is 4. The molecule has 2 nitrogen and oxygen atoms in total. The highest BCUT2D eigenvalue weighted by Gasteiger charge is 2.24. The second-order valence-corrected chi connectivity index (χ2v) is 5.30. The Balaban J connectivity index is 1.91. The third-order valence-electron chi connectivity index (χ3n) is 3.23. The third kappa shape index (κ3) is 3.32. The Morgan fingerprint density at radius 1 is 1.19 bits per heavy atom. The summed E-state index contributed by atoms with van der Waals surface area (Å²) in [6.07, 6.45) is 3.63. The van der Waals surface area contributed by atoms with Gasteiger partial charge in [0.2, 0.25) is 0 Å². The maximum absolute atomic E-state index is 6.39. The van der Waals surface area contributed by atoms with Crippen LogP contribution >= 0.6 is 0 Å². The summed E-state index contributed by atoms with van der Waals surface area (Å²) in [5.41, 5.74) is 7.62. The van der Waals surface area contributed by atoms with Gasteiger partial charge in [-0.25, -0.2) is 0 Å². The lowest BCUT2D eigenvalue weighted by Gasteiger charge is -2.30. The van der Waals surface area contributed by atoms with E-state index in [-0.39, 0.29) is 5.54 Å². The van der Waals surface area contributed by atoms with Crippen LogP contribution < -0.4 is 5.73 Å². The molecular formula is C14H22N2. The lowest BCUT2D eigenvalue weighted by molar-refractivity contribution is 0.257. The Morgan fingerprint density at radius 3 is 2.44 bits per heavy atom. The fourth-order valence-electron chi connectivity index (χ4n) is 2.57. The normalized spacial score (nSPS) is 20.9. The molecule has 0 unspecified atom stereocenters. The maximum Gasteiger partial charge on any atom is 0.0295 e. The standard InChI is InChI=1S/C14H22N2/c1-14(15,12-16-9-5-6-10-16)11-13-7-3-2-4-8-13/h2-4,7-8H,5-6,9-12,15H2,1H3/t14-/m1/s1. The molecule has 1 aliphatic rings. The monoisotopic (exact) mass is 218 g/mol. The van der Waals surface area contributed by atoms with Crippen LogP contribution in [0.1, 0.15) is 25.3 Å². The fourth-order valence-corrected chi connectivity index (χ4v) is 2.57. The first kappa shape index (κ1) is 11.6. The van der Waals surface area contributed by atoms with E-state index in [1.807, 2.05) is 0 Å². The minimum Gasteiger partial charge on any atom is -0.324 e. The first-order chi connectivity index (χ1) is 7.66. The highest BCUT2D eigenvalue weighted by molar-refractivity contribution is 5.17. The Kier molecular flexibility index (Phi) is 3.62. The summed E-state index contributed by atoms with van der Waals surface area (Å²) >= 11 is 0. The number of nitrogens with two attached hydrogens (primary N) is 1. The van der Waals surface area contributed by atoms with Crippen LogP contribution in [0.4, 0.5) is 0 Å². The maximum atomic E-state index is 6.39. The molecule has 0 aromatic heterocycles. The van der Waals surface area contributed by atoms with Gasteiger partial charge < -0.3 is 10.6 Å². The van der Waals surface area contributed by atoms with Crippen molar-refractivity contribution in [2.45, 2.75) is 31.7 Å². The summed E-state index contributed by atoms with van der Waals surface area (Å²) in [6, 6.07) is 10.5. The molecule has 2 rings (SSSR count). The summed E-state index contributed by atoms with van der Waals surface area (Å²) in [6.45, 7) is 5.63. The van der Waals surface area contributed by atoms with E-state index >= 15 is 0 Å². The molecule has 1 atom stereocenters. The quantitative estimate of drug-likeness (QED) is 0.838. The van der Waals surface area contributed by atoms with Crippen molar-refractivity contribution in [2.75, 3.05) is 19.6 Å². The van der Waals surface area contributed by atoms with Crippen LogP contribution in [0.25, 0.3) is 0 Å². The van der Waals surface area contributed by atoms with Crippen molar-refractivity contribution in [3.8, 4) is 0 Å². The van der Waals surface area contributed by atoms with E-state index < -0.39 is 0 Å². The number of hydrogen-bond acceptors (Lipinski definition) is 2. The van der Waals surface area contributed by atoms with Gasteiger partial charge in [0, 0.05) is 12.1 Å². The first-order valence-corrected chi connectivity index (χ1v) is 6.21. The van der Waals surface area contributed by atoms with Gasteiger partial charge in [-0.15, -0.1) is 0 Å². The lowest BCUT2D eigenvalue weighted by atomic mass is 9.93. The summed E-state index contributed by atoms with van der Waals surface area (Å²) in [7, 11) is 0. The zero-order valence-corrected chi connectivity index (χ0v) is 10.2. The van der Waals surface area contributed by atoms with Crippen LogP contribution in [0.5, 0.6) is 0 Å². The lowest BCUT2D eigenvalue weighted by Crippen LogP contribution is -2.48. The zero-order valence-electron chi connectivity index (χ0n) is 10.2. The SMILES string of the molecule is C[C@@](N)(Cc1ccccc1)CN1CCCC1. The van der Waals surface area contributed by atoms with E-state index in [1.165, 1.54) is 31.5 Å². The van der Waals surface area contributed by atoms with Crippen molar-refractivity contribution >= 4 is 0 Å². The van der Waals surface area contributed by atoms with Gasteiger partial charge in [-0.3, -0.25) is 0 Å². The molecule has 1 fully saturated rings. The van der Waals surface area contributed by atoms with Crippen molar-refractivity contribution in [1.82, 2.24) is 4.90 Å². The average Bonchev–Trinajstić information content (AvgIpc) is 2.70. The van der Waals surface area contributed by atoms with Gasteiger partial charge in [-0.05, 0) is 44.8 Å². The molecule has 2 N–H and O–H groups in total. The first-order valence-electron chi connectivity index (χ1n) is 6.21. The molecule has 0 bridgehead atoms. The molecule has 1 aliphatic heterocycles. The van der Waals surface area contributed by atoms with Crippen LogP contribution in [0.3, 0.4) is 0 Å². The van der Waals surface area contributed by atoms with Crippen LogP contribution in [0, 0.1) is 0 Å². The summed E-state index contributed by atoms with van der Waals surface area (Å²) in [4.78, 5) is 2.49. The van der Waals surface area contributed by atoms with Gasteiger partial charge in [-0.2, -0.15) is 0 Å². The van der Waals surface area contributed by atoms with E-state index in [0.29, 0.717) is 0 Å². The molecular weight excluding hydrogens is 196 g/mol. The summed E-state index contributed by atoms with van der Waals surface area (Å²) in [5.74, 6) is 0. The van der Waals surface area contributed by atoms with E-state index in [1.54, 1.807) is 0 Å². The Morgan fingerprint density at radius 2 is 1.81 bits per heavy atom. The van der Waals surface area contributed by atoms with E-state index in [2.05, 4.69) is 42.2 Å². The number of benzene rings is 1. The topological polar surface area (TPSA) is 29.3 Å². The molecule has 2 heteroatoms. The van der Waals surface area contributed by atoms with Gasteiger partial charge in [0.05, 0.1) is 0 Å². The predicted octanol–water partition coefficient (Wildman–Crippen LogP) is 2.04. The molecule has 0 aliphatic carbocycles. The highest BCUT2D eigenvalue weighted by Crippen LogP contribution is 2.15. The molecule has 16 heavy (non-hydrogen) atoms. The van der Waals surface area contributed by atoms with Crippen LogP contribution in [-0.2, 0) is 6.42 Å². The largest absolute Gasteiger partial charge is 0.324 e. The fraction of sp³-hybridized carbons (Fsp3) is 0.571. The summed E-state index contributed by atoms with van der Waals surface area (Å²) in [5, 5.41) is 0. The highest BCUT2D eigenvalue weighted by atomic mass is 15.2. The average molecular weight is 218 g/mol. The zero-order chi connectivity index (χ0) is 11.4. The number of nitrogens with zero attached hydrogens (tertiary/aromatic N) is 1. The molecule has 0 saturated carbocycles. The van der Waals surface area contributed by atoms with Crippen LogP contribution in [-0.4, -0.2) is 30.1 Å².